The standard InChI is InChI=1S/C11H17F5O5S/c1-2-3-4-5-6-7-8(17)21-9(10(12,13)14)11(15,16)22(18,19)20/h9H,2-7H2,1H3,(H,18,19,20). The summed E-state index contributed by atoms with van der Waals surface area (Å²) in [5.41, 5.74) is 0. The molecule has 0 saturated heterocycles. The van der Waals surface area contributed by atoms with E-state index in [0.717, 1.165) is 12.8 Å². The summed E-state index contributed by atoms with van der Waals surface area (Å²) in [5, 5.41) is -5.68. The Kier molecular flexibility index (Phi) is 7.69. The van der Waals surface area contributed by atoms with Gasteiger partial charge in [0.2, 0.25) is 0 Å². The highest BCUT2D eigenvalue weighted by Gasteiger charge is 2.65. The van der Waals surface area contributed by atoms with Crippen molar-refractivity contribution in [2.75, 3.05) is 0 Å². The SMILES string of the molecule is CCCCCCCC(=O)OC(C(F)(F)F)C(F)(F)S(=O)(=O)O. The third kappa shape index (κ3) is 6.42. The van der Waals surface area contributed by atoms with Crippen molar-refractivity contribution in [1.29, 1.82) is 0 Å². The molecule has 0 aliphatic heterocycles. The zero-order valence-electron chi connectivity index (χ0n) is 11.7. The van der Waals surface area contributed by atoms with Crippen LogP contribution in [0.1, 0.15) is 45.4 Å². The summed E-state index contributed by atoms with van der Waals surface area (Å²) in [7, 11) is -6.39. The fraction of sp³-hybridized carbons (Fsp3) is 0.909. The van der Waals surface area contributed by atoms with Crippen LogP contribution in [0.15, 0.2) is 0 Å². The van der Waals surface area contributed by atoms with E-state index >= 15 is 0 Å². The van der Waals surface area contributed by atoms with E-state index in [2.05, 4.69) is 4.74 Å². The molecule has 0 heterocycles. The lowest BCUT2D eigenvalue weighted by Gasteiger charge is -2.26. The molecule has 1 atom stereocenters. The van der Waals surface area contributed by atoms with E-state index in [4.69, 9.17) is 4.55 Å². The van der Waals surface area contributed by atoms with Gasteiger partial charge in [0.15, 0.2) is 0 Å². The Morgan fingerprint density at radius 3 is 2.00 bits per heavy atom. The van der Waals surface area contributed by atoms with Crippen LogP contribution in [0.4, 0.5) is 22.0 Å². The van der Waals surface area contributed by atoms with Crippen LogP contribution in [0.2, 0.25) is 0 Å². The number of hydrogen-bond acceptors (Lipinski definition) is 4. The summed E-state index contributed by atoms with van der Waals surface area (Å²) in [6, 6.07) is 0. The first-order chi connectivity index (χ1) is 9.84. The molecule has 0 bridgehead atoms. The van der Waals surface area contributed by atoms with E-state index in [9.17, 15) is 35.2 Å². The van der Waals surface area contributed by atoms with Crippen molar-refractivity contribution in [2.24, 2.45) is 0 Å². The van der Waals surface area contributed by atoms with Gasteiger partial charge in [0, 0.05) is 6.42 Å². The third-order valence-corrected chi connectivity index (χ3v) is 3.58. The van der Waals surface area contributed by atoms with Gasteiger partial charge in [-0.25, -0.2) is 0 Å². The van der Waals surface area contributed by atoms with E-state index < -0.39 is 40.0 Å². The van der Waals surface area contributed by atoms with Gasteiger partial charge >= 0.3 is 27.5 Å². The maximum absolute atomic E-state index is 13.1. The zero-order valence-corrected chi connectivity index (χ0v) is 12.5. The van der Waals surface area contributed by atoms with Crippen molar-refractivity contribution >= 4 is 16.1 Å². The molecule has 0 amide bonds. The molecule has 0 aliphatic carbocycles. The van der Waals surface area contributed by atoms with Gasteiger partial charge in [-0.3, -0.25) is 9.35 Å². The van der Waals surface area contributed by atoms with Crippen LogP contribution >= 0.6 is 0 Å². The number of carbonyl (C=O) groups is 1. The Morgan fingerprint density at radius 2 is 1.59 bits per heavy atom. The number of unbranched alkanes of at least 4 members (excludes halogenated alkanes) is 4. The molecule has 11 heteroatoms. The first kappa shape index (κ1) is 21.0. The van der Waals surface area contributed by atoms with Crippen LogP contribution in [0.25, 0.3) is 0 Å². The molecule has 0 aromatic carbocycles. The number of esters is 1. The van der Waals surface area contributed by atoms with Crippen molar-refractivity contribution in [1.82, 2.24) is 0 Å². The number of alkyl halides is 5. The Labute approximate surface area is 124 Å². The van der Waals surface area contributed by atoms with Gasteiger partial charge in [0.25, 0.3) is 6.10 Å². The molecule has 1 N–H and O–H groups in total. The summed E-state index contributed by atoms with van der Waals surface area (Å²) in [4.78, 5) is 11.2. The average Bonchev–Trinajstić information content (AvgIpc) is 2.32. The van der Waals surface area contributed by atoms with Crippen LogP contribution < -0.4 is 0 Å². The summed E-state index contributed by atoms with van der Waals surface area (Å²) in [6.07, 6.45) is -7.58. The molecule has 0 aromatic heterocycles. The lowest BCUT2D eigenvalue weighted by Crippen LogP contribution is -2.52. The van der Waals surface area contributed by atoms with Gasteiger partial charge in [0.1, 0.15) is 0 Å². The number of halogens is 5. The van der Waals surface area contributed by atoms with Crippen molar-refractivity contribution in [2.45, 2.75) is 63.0 Å². The smallest absolute Gasteiger partial charge is 0.432 e. The van der Waals surface area contributed by atoms with E-state index in [1.54, 1.807) is 0 Å². The Morgan fingerprint density at radius 1 is 1.09 bits per heavy atom. The van der Waals surface area contributed by atoms with Crippen LogP contribution in [0, 0.1) is 0 Å². The van der Waals surface area contributed by atoms with Gasteiger partial charge < -0.3 is 4.74 Å². The fourth-order valence-electron chi connectivity index (χ4n) is 1.52. The van der Waals surface area contributed by atoms with Crippen molar-refractivity contribution in [3.05, 3.63) is 0 Å². The van der Waals surface area contributed by atoms with Crippen LogP contribution in [-0.2, 0) is 19.6 Å². The van der Waals surface area contributed by atoms with Gasteiger partial charge in [-0.1, -0.05) is 32.6 Å². The van der Waals surface area contributed by atoms with Gasteiger partial charge in [-0.2, -0.15) is 30.4 Å². The number of rotatable bonds is 9. The summed E-state index contributed by atoms with van der Waals surface area (Å²) >= 11 is 0. The van der Waals surface area contributed by atoms with Gasteiger partial charge in [0.05, 0.1) is 0 Å². The van der Waals surface area contributed by atoms with Crippen molar-refractivity contribution < 1.29 is 44.5 Å². The minimum Gasteiger partial charge on any atom is -0.445 e. The lowest BCUT2D eigenvalue weighted by molar-refractivity contribution is -0.259. The molecular formula is C11H17F5O5S. The molecule has 0 saturated carbocycles. The quantitative estimate of drug-likeness (QED) is 0.297. The molecule has 22 heavy (non-hydrogen) atoms. The van der Waals surface area contributed by atoms with Crippen LogP contribution in [0.5, 0.6) is 0 Å². The molecule has 0 aromatic rings. The Balaban J connectivity index is 4.80. The molecule has 1 unspecified atom stereocenters. The number of hydrogen-bond donors (Lipinski definition) is 1. The molecule has 132 valence electrons. The van der Waals surface area contributed by atoms with Gasteiger partial charge in [-0.05, 0) is 6.42 Å². The molecular weight excluding hydrogens is 339 g/mol. The lowest BCUT2D eigenvalue weighted by atomic mass is 10.1. The van der Waals surface area contributed by atoms with Crippen LogP contribution in [0.3, 0.4) is 0 Å². The number of ether oxygens (including phenoxy) is 1. The highest BCUT2D eigenvalue weighted by Crippen LogP contribution is 2.38. The number of carbonyl (C=O) groups excluding carboxylic acids is 1. The van der Waals surface area contributed by atoms with Crippen molar-refractivity contribution in [3.63, 3.8) is 0 Å². The Hall–Kier alpha value is -0.970. The predicted molar refractivity (Wildman–Crippen MR) is 65.8 cm³/mol. The topological polar surface area (TPSA) is 80.7 Å². The maximum atomic E-state index is 13.1. The fourth-order valence-corrected chi connectivity index (χ4v) is 1.98. The van der Waals surface area contributed by atoms with E-state index in [1.165, 1.54) is 0 Å². The second kappa shape index (κ2) is 8.04. The minimum absolute atomic E-state index is 0.126. The highest BCUT2D eigenvalue weighted by molar-refractivity contribution is 7.86. The normalized spacial score (nSPS) is 14.7. The average molecular weight is 356 g/mol. The molecule has 0 spiro atoms. The van der Waals surface area contributed by atoms with Crippen LogP contribution in [-0.4, -0.2) is 36.5 Å². The summed E-state index contributed by atoms with van der Waals surface area (Å²) in [6.45, 7) is 1.92. The second-order valence-electron chi connectivity index (χ2n) is 4.61. The molecule has 0 radical (unpaired) electrons. The van der Waals surface area contributed by atoms with E-state index in [-0.39, 0.29) is 6.42 Å². The predicted octanol–water partition coefficient (Wildman–Crippen LogP) is 3.30. The van der Waals surface area contributed by atoms with E-state index in [0.29, 0.717) is 12.8 Å². The second-order valence-corrected chi connectivity index (χ2v) is 6.11. The summed E-state index contributed by atoms with van der Waals surface area (Å²) in [5.74, 6) is -1.61. The molecule has 0 aliphatic rings. The Bertz CT molecular complexity index is 460. The largest absolute Gasteiger partial charge is 0.445 e. The summed E-state index contributed by atoms with van der Waals surface area (Å²) < 4.78 is 96.1. The molecule has 5 nitrogen and oxygen atoms in total. The van der Waals surface area contributed by atoms with E-state index in [1.807, 2.05) is 6.92 Å². The minimum atomic E-state index is -6.39. The first-order valence-corrected chi connectivity index (χ1v) is 7.89. The molecule has 0 rings (SSSR count). The third-order valence-electron chi connectivity index (χ3n) is 2.68. The molecule has 0 fully saturated rings. The maximum Gasteiger partial charge on any atom is 0.432 e. The highest BCUT2D eigenvalue weighted by atomic mass is 32.2. The zero-order chi connectivity index (χ0) is 17.6. The first-order valence-electron chi connectivity index (χ1n) is 6.45. The monoisotopic (exact) mass is 356 g/mol. The van der Waals surface area contributed by atoms with Gasteiger partial charge in [-0.15, -0.1) is 0 Å². The van der Waals surface area contributed by atoms with Crippen molar-refractivity contribution in [3.8, 4) is 0 Å².